The van der Waals surface area contributed by atoms with Crippen LogP contribution >= 0.6 is 24.0 Å². The molecule has 0 radical (unpaired) electrons. The summed E-state index contributed by atoms with van der Waals surface area (Å²) in [6.45, 7) is 9.02. The summed E-state index contributed by atoms with van der Waals surface area (Å²) in [5, 5.41) is 6.04. The topological polar surface area (TPSA) is 92.3 Å². The highest BCUT2D eigenvalue weighted by atomic mass is 127. The predicted octanol–water partition coefficient (Wildman–Crippen LogP) is 2.88. The summed E-state index contributed by atoms with van der Waals surface area (Å²) < 4.78 is 10.9. The van der Waals surface area contributed by atoms with Crippen molar-refractivity contribution in [1.29, 1.82) is 0 Å². The van der Waals surface area contributed by atoms with Gasteiger partial charge in [0.15, 0.2) is 5.96 Å². The van der Waals surface area contributed by atoms with Gasteiger partial charge < -0.3 is 25.0 Å². The van der Waals surface area contributed by atoms with Crippen LogP contribution in [-0.4, -0.2) is 62.1 Å². The quantitative estimate of drug-likeness (QED) is 0.176. The Bertz CT molecular complexity index is 706. The monoisotopic (exact) mass is 532 g/mol. The normalized spacial score (nSPS) is 14.5. The number of hydrogen-bond acceptors (Lipinski definition) is 5. The number of halogens is 1. The first-order valence-corrected chi connectivity index (χ1v) is 10.2. The second-order valence-electron chi connectivity index (χ2n) is 6.81. The second-order valence-corrected chi connectivity index (χ2v) is 6.81. The fraction of sp³-hybridized carbons (Fsp3) is 0.571. The Morgan fingerprint density at radius 1 is 1.23 bits per heavy atom. The molecule has 8 nitrogen and oxygen atoms in total. The molecule has 1 saturated heterocycles. The number of ether oxygens (including phenoxy) is 2. The van der Waals surface area contributed by atoms with Gasteiger partial charge in [-0.25, -0.2) is 4.99 Å². The minimum absolute atomic E-state index is 0. The van der Waals surface area contributed by atoms with Crippen LogP contribution in [0.15, 0.2) is 29.3 Å². The number of esters is 1. The molecule has 1 aromatic carbocycles. The van der Waals surface area contributed by atoms with Crippen LogP contribution in [-0.2, 0) is 14.3 Å². The molecule has 9 heteroatoms. The molecule has 0 saturated carbocycles. The molecular formula is C21H33IN4O4. The van der Waals surface area contributed by atoms with Crippen molar-refractivity contribution in [2.24, 2.45) is 10.9 Å². The number of nitrogens with zero attached hydrogens (tertiary/aromatic N) is 2. The number of anilines is 1. The summed E-state index contributed by atoms with van der Waals surface area (Å²) in [5.41, 5.74) is 0.705. The highest BCUT2D eigenvalue weighted by Gasteiger charge is 2.27. The van der Waals surface area contributed by atoms with E-state index in [-0.39, 0.29) is 41.8 Å². The number of nitrogens with one attached hydrogen (secondary N) is 2. The number of carbonyl (C=O) groups is 2. The van der Waals surface area contributed by atoms with Crippen molar-refractivity contribution in [3.63, 3.8) is 0 Å². The number of amides is 1. The Hall–Kier alpha value is -2.04. The number of guanidine groups is 1. The van der Waals surface area contributed by atoms with Crippen molar-refractivity contribution in [2.75, 3.05) is 44.7 Å². The zero-order chi connectivity index (χ0) is 21.1. The van der Waals surface area contributed by atoms with Crippen molar-refractivity contribution in [2.45, 2.75) is 33.6 Å². The molecule has 0 unspecified atom stereocenters. The molecule has 0 spiro atoms. The molecule has 30 heavy (non-hydrogen) atoms. The van der Waals surface area contributed by atoms with Gasteiger partial charge in [-0.3, -0.25) is 9.59 Å². The van der Waals surface area contributed by atoms with Gasteiger partial charge in [-0.15, -0.1) is 24.0 Å². The fourth-order valence-electron chi connectivity index (χ4n) is 3.19. The summed E-state index contributed by atoms with van der Waals surface area (Å²) in [5.74, 6) is 1.29. The summed E-state index contributed by atoms with van der Waals surface area (Å²) in [4.78, 5) is 29.9. The van der Waals surface area contributed by atoms with Gasteiger partial charge in [-0.05, 0) is 38.8 Å². The van der Waals surface area contributed by atoms with Crippen molar-refractivity contribution >= 4 is 47.5 Å². The molecule has 1 aliphatic heterocycles. The van der Waals surface area contributed by atoms with E-state index in [0.717, 1.165) is 38.4 Å². The Morgan fingerprint density at radius 2 is 1.97 bits per heavy atom. The predicted molar refractivity (Wildman–Crippen MR) is 129 cm³/mol. The Kier molecular flexibility index (Phi) is 12.2. The van der Waals surface area contributed by atoms with Crippen LogP contribution in [0.2, 0.25) is 0 Å². The third kappa shape index (κ3) is 8.76. The first kappa shape index (κ1) is 26.0. The minimum Gasteiger partial charge on any atom is -0.492 e. The zero-order valence-corrected chi connectivity index (χ0v) is 20.3. The second kappa shape index (κ2) is 14.1. The Balaban J connectivity index is 0.00000450. The molecule has 0 aliphatic carbocycles. The van der Waals surface area contributed by atoms with Crippen LogP contribution in [0.25, 0.3) is 0 Å². The highest BCUT2D eigenvalue weighted by Crippen LogP contribution is 2.19. The summed E-state index contributed by atoms with van der Waals surface area (Å²) in [7, 11) is 0. The highest BCUT2D eigenvalue weighted by molar-refractivity contribution is 14.0. The van der Waals surface area contributed by atoms with E-state index in [0.29, 0.717) is 31.2 Å². The number of aliphatic imine (C=N–C) groups is 1. The summed E-state index contributed by atoms with van der Waals surface area (Å²) in [6, 6.07) is 7.29. The Labute approximate surface area is 195 Å². The van der Waals surface area contributed by atoms with E-state index >= 15 is 0 Å². The van der Waals surface area contributed by atoms with E-state index < -0.39 is 0 Å². The van der Waals surface area contributed by atoms with Crippen LogP contribution in [0.3, 0.4) is 0 Å². The number of likely N-dealkylation sites (tertiary alicyclic amines) is 1. The molecule has 1 heterocycles. The van der Waals surface area contributed by atoms with E-state index in [2.05, 4.69) is 20.5 Å². The smallest absolute Gasteiger partial charge is 0.309 e. The van der Waals surface area contributed by atoms with Crippen molar-refractivity contribution in [1.82, 2.24) is 10.2 Å². The van der Waals surface area contributed by atoms with Gasteiger partial charge in [0.05, 0.1) is 19.1 Å². The standard InChI is InChI=1S/C21H32N4O4.HI/c1-4-22-21(25-12-9-17(10-13-25)20(27)28-5-2)23-11-14-29-19-8-6-7-18(15-19)24-16(3)26;/h6-8,15,17H,4-5,9-14H2,1-3H3,(H,22,23)(H,24,26);1H. The molecule has 1 aromatic rings. The molecule has 1 amide bonds. The third-order valence-electron chi connectivity index (χ3n) is 4.53. The van der Waals surface area contributed by atoms with Gasteiger partial charge in [0.1, 0.15) is 12.4 Å². The van der Waals surface area contributed by atoms with Gasteiger partial charge in [0, 0.05) is 38.3 Å². The van der Waals surface area contributed by atoms with Crippen molar-refractivity contribution < 1.29 is 19.1 Å². The molecular weight excluding hydrogens is 499 g/mol. The van der Waals surface area contributed by atoms with E-state index in [1.165, 1.54) is 6.92 Å². The average molecular weight is 532 g/mol. The molecule has 1 aliphatic rings. The molecule has 0 atom stereocenters. The summed E-state index contributed by atoms with van der Waals surface area (Å²) in [6.07, 6.45) is 1.55. The van der Waals surface area contributed by atoms with Gasteiger partial charge in [0.2, 0.25) is 5.91 Å². The van der Waals surface area contributed by atoms with Crippen LogP contribution in [0.1, 0.15) is 33.6 Å². The molecule has 0 bridgehead atoms. The number of piperidine rings is 1. The Morgan fingerprint density at radius 3 is 2.60 bits per heavy atom. The lowest BCUT2D eigenvalue weighted by atomic mass is 9.97. The number of rotatable bonds is 8. The minimum atomic E-state index is -0.117. The van der Waals surface area contributed by atoms with Crippen LogP contribution in [0.4, 0.5) is 5.69 Å². The van der Waals surface area contributed by atoms with Gasteiger partial charge in [-0.2, -0.15) is 0 Å². The molecule has 2 N–H and O–H groups in total. The van der Waals surface area contributed by atoms with E-state index in [9.17, 15) is 9.59 Å². The van der Waals surface area contributed by atoms with Crippen LogP contribution < -0.4 is 15.4 Å². The van der Waals surface area contributed by atoms with E-state index in [4.69, 9.17) is 9.47 Å². The lowest BCUT2D eigenvalue weighted by molar-refractivity contribution is -0.149. The molecule has 2 rings (SSSR count). The van der Waals surface area contributed by atoms with E-state index in [1.807, 2.05) is 32.0 Å². The maximum atomic E-state index is 11.9. The lowest BCUT2D eigenvalue weighted by Crippen LogP contribution is -2.46. The number of carbonyl (C=O) groups excluding carboxylic acids is 2. The zero-order valence-electron chi connectivity index (χ0n) is 18.0. The number of benzene rings is 1. The number of hydrogen-bond donors (Lipinski definition) is 2. The molecule has 168 valence electrons. The third-order valence-corrected chi connectivity index (χ3v) is 4.53. The maximum absolute atomic E-state index is 11.9. The molecule has 0 aromatic heterocycles. The maximum Gasteiger partial charge on any atom is 0.309 e. The summed E-state index contributed by atoms with van der Waals surface area (Å²) >= 11 is 0. The SMILES string of the molecule is CCNC(=NCCOc1cccc(NC(C)=O)c1)N1CCC(C(=O)OCC)CC1.I. The van der Waals surface area contributed by atoms with Crippen molar-refractivity contribution in [3.05, 3.63) is 24.3 Å². The first-order chi connectivity index (χ1) is 14.0. The van der Waals surface area contributed by atoms with Crippen LogP contribution in [0, 0.1) is 5.92 Å². The van der Waals surface area contributed by atoms with Gasteiger partial charge in [0.25, 0.3) is 0 Å². The van der Waals surface area contributed by atoms with Gasteiger partial charge in [-0.1, -0.05) is 6.07 Å². The van der Waals surface area contributed by atoms with E-state index in [1.54, 1.807) is 6.07 Å². The largest absolute Gasteiger partial charge is 0.492 e. The van der Waals surface area contributed by atoms with Crippen LogP contribution in [0.5, 0.6) is 5.75 Å². The fourth-order valence-corrected chi connectivity index (χ4v) is 3.19. The van der Waals surface area contributed by atoms with Crippen molar-refractivity contribution in [3.8, 4) is 5.75 Å². The molecule has 1 fully saturated rings. The van der Waals surface area contributed by atoms with Gasteiger partial charge >= 0.3 is 5.97 Å². The first-order valence-electron chi connectivity index (χ1n) is 10.2. The average Bonchev–Trinajstić information content (AvgIpc) is 2.70. The lowest BCUT2D eigenvalue weighted by Gasteiger charge is -2.33.